The van der Waals surface area contributed by atoms with Gasteiger partial charge in [-0.1, -0.05) is 36.7 Å². The average molecular weight is 304 g/mol. The van der Waals surface area contributed by atoms with Crippen molar-refractivity contribution in [3.05, 3.63) is 59.1 Å². The van der Waals surface area contributed by atoms with Gasteiger partial charge in [-0.05, 0) is 49.2 Å². The second-order valence-electron chi connectivity index (χ2n) is 4.78. The van der Waals surface area contributed by atoms with E-state index in [2.05, 4.69) is 5.32 Å². The van der Waals surface area contributed by atoms with Gasteiger partial charge in [-0.25, -0.2) is 0 Å². The molecule has 0 unspecified atom stereocenters. The van der Waals surface area contributed by atoms with Crippen LogP contribution in [0, 0.1) is 6.92 Å². The summed E-state index contributed by atoms with van der Waals surface area (Å²) in [4.78, 5) is 12.3. The van der Waals surface area contributed by atoms with Crippen molar-refractivity contribution in [2.75, 3.05) is 5.32 Å². The van der Waals surface area contributed by atoms with Gasteiger partial charge in [0.05, 0.1) is 0 Å². The Kier molecular flexibility index (Phi) is 5.23. The topological polar surface area (TPSA) is 38.3 Å². The van der Waals surface area contributed by atoms with Gasteiger partial charge in [-0.2, -0.15) is 0 Å². The monoisotopic (exact) mass is 303 g/mol. The number of anilines is 1. The number of amides is 1. The van der Waals surface area contributed by atoms with Gasteiger partial charge in [0.15, 0.2) is 6.10 Å². The average Bonchev–Trinajstić information content (AvgIpc) is 2.48. The summed E-state index contributed by atoms with van der Waals surface area (Å²) in [5, 5.41) is 3.54. The molecule has 0 heterocycles. The number of aryl methyl sites for hydroxylation is 1. The first-order valence-electron chi connectivity index (χ1n) is 6.89. The van der Waals surface area contributed by atoms with E-state index in [1.807, 2.05) is 50.2 Å². The number of benzene rings is 2. The van der Waals surface area contributed by atoms with Gasteiger partial charge in [0.1, 0.15) is 5.75 Å². The highest BCUT2D eigenvalue weighted by Gasteiger charge is 2.19. The number of halogens is 1. The minimum atomic E-state index is -0.525. The van der Waals surface area contributed by atoms with E-state index in [9.17, 15) is 4.79 Å². The van der Waals surface area contributed by atoms with Crippen LogP contribution >= 0.6 is 11.6 Å². The molecule has 0 spiro atoms. The lowest BCUT2D eigenvalue weighted by atomic mass is 10.2. The van der Waals surface area contributed by atoms with E-state index in [-0.39, 0.29) is 5.91 Å². The Hall–Kier alpha value is -2.00. The molecular formula is C17H18ClNO2. The van der Waals surface area contributed by atoms with Crippen LogP contribution in [0.25, 0.3) is 0 Å². The maximum absolute atomic E-state index is 12.3. The van der Waals surface area contributed by atoms with Gasteiger partial charge in [0.2, 0.25) is 0 Å². The van der Waals surface area contributed by atoms with Crippen LogP contribution in [0.15, 0.2) is 48.5 Å². The molecule has 2 aromatic rings. The van der Waals surface area contributed by atoms with Crippen LogP contribution in [0.3, 0.4) is 0 Å². The molecule has 2 rings (SSSR count). The van der Waals surface area contributed by atoms with Crippen LogP contribution in [0.5, 0.6) is 5.75 Å². The van der Waals surface area contributed by atoms with Gasteiger partial charge in [0, 0.05) is 10.7 Å². The normalized spacial score (nSPS) is 11.8. The number of ether oxygens (including phenoxy) is 1. The highest BCUT2D eigenvalue weighted by molar-refractivity contribution is 6.30. The molecule has 0 radical (unpaired) electrons. The number of para-hydroxylation sites is 1. The molecule has 1 amide bonds. The molecular weight excluding hydrogens is 286 g/mol. The molecule has 0 bridgehead atoms. The van der Waals surface area contributed by atoms with E-state index >= 15 is 0 Å². The molecule has 110 valence electrons. The summed E-state index contributed by atoms with van der Waals surface area (Å²) in [6, 6.07) is 14.7. The minimum Gasteiger partial charge on any atom is -0.481 e. The first-order chi connectivity index (χ1) is 10.1. The third-order valence-electron chi connectivity index (χ3n) is 3.13. The number of nitrogens with one attached hydrogen (secondary N) is 1. The second kappa shape index (κ2) is 7.14. The van der Waals surface area contributed by atoms with Crippen LogP contribution < -0.4 is 10.1 Å². The zero-order valence-electron chi connectivity index (χ0n) is 12.1. The molecule has 0 aliphatic rings. The van der Waals surface area contributed by atoms with Gasteiger partial charge in [0.25, 0.3) is 5.91 Å². The van der Waals surface area contributed by atoms with Crippen molar-refractivity contribution in [1.82, 2.24) is 0 Å². The lowest BCUT2D eigenvalue weighted by molar-refractivity contribution is -0.122. The fourth-order valence-corrected chi connectivity index (χ4v) is 2.19. The van der Waals surface area contributed by atoms with Crippen molar-refractivity contribution in [3.8, 4) is 5.75 Å². The van der Waals surface area contributed by atoms with Crippen LogP contribution in [0.1, 0.15) is 18.9 Å². The molecule has 0 fully saturated rings. The van der Waals surface area contributed by atoms with Crippen molar-refractivity contribution in [1.29, 1.82) is 0 Å². The maximum atomic E-state index is 12.3. The second-order valence-corrected chi connectivity index (χ2v) is 5.21. The van der Waals surface area contributed by atoms with Crippen molar-refractivity contribution >= 4 is 23.2 Å². The summed E-state index contributed by atoms with van der Waals surface area (Å²) < 4.78 is 5.72. The zero-order chi connectivity index (χ0) is 15.2. The first kappa shape index (κ1) is 15.4. The van der Waals surface area contributed by atoms with Crippen LogP contribution in [-0.4, -0.2) is 12.0 Å². The predicted molar refractivity (Wildman–Crippen MR) is 86.0 cm³/mol. The van der Waals surface area contributed by atoms with Gasteiger partial charge < -0.3 is 10.1 Å². The van der Waals surface area contributed by atoms with Crippen molar-refractivity contribution in [2.24, 2.45) is 0 Å². The lowest BCUT2D eigenvalue weighted by Crippen LogP contribution is -2.32. The standard InChI is InChI=1S/C17H18ClNO2/c1-3-16(21-14-7-5-4-6-8-14)17(20)19-15-10-9-13(18)11-12(15)2/h4-11,16H,3H2,1-2H3,(H,19,20)/t16-/m1/s1. The fraction of sp³-hybridized carbons (Fsp3) is 0.235. The Balaban J connectivity index is 2.06. The van der Waals surface area contributed by atoms with Crippen LogP contribution in [0.2, 0.25) is 5.02 Å². The molecule has 0 aliphatic carbocycles. The van der Waals surface area contributed by atoms with E-state index in [0.717, 1.165) is 11.3 Å². The molecule has 21 heavy (non-hydrogen) atoms. The zero-order valence-corrected chi connectivity index (χ0v) is 12.9. The van der Waals surface area contributed by atoms with E-state index in [1.54, 1.807) is 12.1 Å². The summed E-state index contributed by atoms with van der Waals surface area (Å²) in [7, 11) is 0. The van der Waals surface area contributed by atoms with Crippen molar-refractivity contribution < 1.29 is 9.53 Å². The number of hydrogen-bond acceptors (Lipinski definition) is 2. The quantitative estimate of drug-likeness (QED) is 0.886. The largest absolute Gasteiger partial charge is 0.481 e. The third kappa shape index (κ3) is 4.23. The van der Waals surface area contributed by atoms with E-state index in [0.29, 0.717) is 17.2 Å². The van der Waals surface area contributed by atoms with Gasteiger partial charge in [-0.15, -0.1) is 0 Å². The Morgan fingerprint density at radius 1 is 1.24 bits per heavy atom. The van der Waals surface area contributed by atoms with Crippen LogP contribution in [-0.2, 0) is 4.79 Å². The maximum Gasteiger partial charge on any atom is 0.265 e. The smallest absolute Gasteiger partial charge is 0.265 e. The van der Waals surface area contributed by atoms with Crippen molar-refractivity contribution in [3.63, 3.8) is 0 Å². The Morgan fingerprint density at radius 2 is 1.95 bits per heavy atom. The number of hydrogen-bond donors (Lipinski definition) is 1. The first-order valence-corrected chi connectivity index (χ1v) is 7.26. The van der Waals surface area contributed by atoms with Gasteiger partial charge >= 0.3 is 0 Å². The molecule has 3 nitrogen and oxygen atoms in total. The summed E-state index contributed by atoms with van der Waals surface area (Å²) >= 11 is 5.91. The highest BCUT2D eigenvalue weighted by Crippen LogP contribution is 2.20. The number of carbonyl (C=O) groups is 1. The number of carbonyl (C=O) groups excluding carboxylic acids is 1. The minimum absolute atomic E-state index is 0.160. The number of rotatable bonds is 5. The third-order valence-corrected chi connectivity index (χ3v) is 3.37. The molecule has 0 saturated heterocycles. The summed E-state index contributed by atoms with van der Waals surface area (Å²) in [6.45, 7) is 3.82. The summed E-state index contributed by atoms with van der Waals surface area (Å²) in [6.07, 6.45) is 0.0652. The lowest BCUT2D eigenvalue weighted by Gasteiger charge is -2.18. The van der Waals surface area contributed by atoms with Gasteiger partial charge in [-0.3, -0.25) is 4.79 Å². The predicted octanol–water partition coefficient (Wildman–Crippen LogP) is 4.44. The molecule has 1 N–H and O–H groups in total. The molecule has 2 aromatic carbocycles. The summed E-state index contributed by atoms with van der Waals surface area (Å²) in [5.41, 5.74) is 1.67. The van der Waals surface area contributed by atoms with Crippen LogP contribution in [0.4, 0.5) is 5.69 Å². The highest BCUT2D eigenvalue weighted by atomic mass is 35.5. The molecule has 0 aromatic heterocycles. The van der Waals surface area contributed by atoms with Crippen molar-refractivity contribution in [2.45, 2.75) is 26.4 Å². The van der Waals surface area contributed by atoms with E-state index in [4.69, 9.17) is 16.3 Å². The Morgan fingerprint density at radius 3 is 2.57 bits per heavy atom. The fourth-order valence-electron chi connectivity index (χ4n) is 1.97. The molecule has 0 aliphatic heterocycles. The molecule has 1 atom stereocenters. The Labute approximate surface area is 129 Å². The molecule has 4 heteroatoms. The summed E-state index contributed by atoms with van der Waals surface area (Å²) in [5.74, 6) is 0.527. The SMILES string of the molecule is CC[C@@H](Oc1ccccc1)C(=O)Nc1ccc(Cl)cc1C. The molecule has 0 saturated carbocycles. The van der Waals surface area contributed by atoms with E-state index in [1.165, 1.54) is 0 Å². The Bertz CT molecular complexity index is 613. The van der Waals surface area contributed by atoms with E-state index < -0.39 is 6.10 Å².